The van der Waals surface area contributed by atoms with Crippen molar-refractivity contribution >= 4 is 65.6 Å². The summed E-state index contributed by atoms with van der Waals surface area (Å²) in [7, 11) is 2.72. The van der Waals surface area contributed by atoms with Crippen molar-refractivity contribution in [3.05, 3.63) is 23.3 Å². The summed E-state index contributed by atoms with van der Waals surface area (Å²) in [5.41, 5.74) is 2.10. The van der Waals surface area contributed by atoms with E-state index in [0.717, 1.165) is 87.4 Å². The minimum Gasteiger partial charge on any atom is -0.481 e. The molecule has 0 radical (unpaired) electrons. The molecule has 17 aliphatic carbocycles. The molecule has 21 unspecified atom stereocenters. The molecule has 15 fully saturated rings. The van der Waals surface area contributed by atoms with Crippen LogP contribution in [0.1, 0.15) is 381 Å². The number of aliphatic carboxylic acids is 4. The molecule has 22 nitrogen and oxygen atoms in total. The molecule has 15 saturated carbocycles. The van der Waals surface area contributed by atoms with Crippen molar-refractivity contribution in [3.8, 4) is 0 Å². The fourth-order valence-electron chi connectivity index (χ4n) is 27.9. The molecule has 12 bridgehead atoms. The van der Waals surface area contributed by atoms with Crippen LogP contribution >= 0.6 is 0 Å². The molecule has 1 spiro atoms. The van der Waals surface area contributed by atoms with Crippen LogP contribution in [-0.2, 0) is 81.2 Å². The van der Waals surface area contributed by atoms with E-state index in [0.29, 0.717) is 95.9 Å². The van der Waals surface area contributed by atoms with Crippen LogP contribution in [0.3, 0.4) is 0 Å². The van der Waals surface area contributed by atoms with Crippen LogP contribution in [0.4, 0.5) is 0 Å². The maximum absolute atomic E-state index is 12.8. The Balaban J connectivity index is 0.00000159. The minimum atomic E-state index is -1.03. The first-order chi connectivity index (χ1) is 56.2. The highest BCUT2D eigenvalue weighted by atomic mass is 16.6. The Morgan fingerprint density at radius 3 is 1.37 bits per heavy atom. The van der Waals surface area contributed by atoms with Crippen LogP contribution in [0.15, 0.2) is 23.3 Å². The Kier molecular flexibility index (Phi) is 44.9. The van der Waals surface area contributed by atoms with Crippen LogP contribution in [0.2, 0.25) is 0 Å². The molecule has 0 aromatic rings. The molecule has 0 saturated heterocycles. The first kappa shape index (κ1) is 125. The van der Waals surface area contributed by atoms with Gasteiger partial charge in [-0.1, -0.05) is 237 Å². The van der Waals surface area contributed by atoms with Gasteiger partial charge in [-0.15, -0.1) is 0 Å². The second-order valence-electron chi connectivity index (χ2n) is 44.7. The zero-order chi connectivity index (χ0) is 90.1. The van der Waals surface area contributed by atoms with Crippen molar-refractivity contribution in [1.82, 2.24) is 5.32 Å². The lowest BCUT2D eigenvalue weighted by molar-refractivity contribution is -0.213. The lowest BCUT2D eigenvalue weighted by Crippen LogP contribution is -2.61. The molecule has 131 heavy (non-hydrogen) atoms. The van der Waals surface area contributed by atoms with E-state index < -0.39 is 99.7 Å². The van der Waals surface area contributed by atoms with Gasteiger partial charge < -0.3 is 54.2 Å². The van der Waals surface area contributed by atoms with Crippen LogP contribution in [0.5, 0.6) is 0 Å². The summed E-state index contributed by atoms with van der Waals surface area (Å²) >= 11 is 0. The van der Waals surface area contributed by atoms with E-state index in [4.69, 9.17) is 38.6 Å². The number of carbonyl (C=O) groups excluding carboxylic acids is 7. The molecule has 25 atom stereocenters. The highest BCUT2D eigenvalue weighted by Crippen LogP contribution is 2.74. The lowest BCUT2D eigenvalue weighted by Gasteiger charge is -2.62. The zero-order valence-electron chi connectivity index (χ0n) is 78.1. The Morgan fingerprint density at radius 2 is 0.908 bits per heavy atom. The molecule has 22 heteroatoms. The van der Waals surface area contributed by atoms with Gasteiger partial charge >= 0.3 is 59.7 Å². The number of hydrogen-bond acceptors (Lipinski definition) is 17. The standard InChI is InChI=1S/C26H40O4.C22H36O4.C17H29NO3.C17H24O6.C17H26O4.10CH4/c1-16(2)19-8-10-21-20(14-19)9-11-22-25(5,12-7-13-26(21,22)6)15-30-24(29)18(4)17(3)23(27)28;1-13-8-9-16-20(4,5)17-12-22(13,16)11-10-21(17,6)26-19(24)15(3)14(2)18(23)25-7;1-9(10(2)16(20)21-6)15(19)18-14-8-12-7-13(11(14)3)17(12,4)5;1-9(13(18)19)10(2)14(20)23-17-6-11-3-12(7-17)5-16(4-11,8-17)15(21)22;1-9(15(18)19)10(2)16(20)21-17(3)13-5-11-4-12(7-13)8-14(17)6-11;;;;;;;;;;/h9,14,16-18,21-22H,7-8,10-13,15H2,1-6H3,(H,27,28);13-17H,8-12H2,1-7H3;9-14H,7-8H2,1-6H3,(H,18,19);9-12H,3-8H2,1-2H3,(H,18,19)(H,21,22);9-14H,4-8H2,1-3H3,(H,18,19);10*1H4/t;13?,14?,15?,16?,17?,21-,22+;9?,10?,11?,12-,13?,14+;;;;;;;;;;;;/m.10............/s1. The number of carboxylic acid groups (broad SMARTS) is 4. The number of hydrogen-bond donors (Lipinski definition) is 5. The number of esters is 6. The third kappa shape index (κ3) is 24.4. The molecule has 0 aliphatic heterocycles. The fourth-order valence-corrected chi connectivity index (χ4v) is 27.9. The average Bonchev–Trinajstić information content (AvgIpc) is 1.47. The third-order valence-corrected chi connectivity index (χ3v) is 36.9. The first-order valence-electron chi connectivity index (χ1n) is 46.8. The van der Waals surface area contributed by atoms with Gasteiger partial charge in [0.25, 0.3) is 0 Å². The van der Waals surface area contributed by atoms with E-state index in [9.17, 15) is 63.0 Å². The number of fused-ring (bicyclic) bond motifs is 6. The van der Waals surface area contributed by atoms with E-state index in [-0.39, 0.29) is 144 Å². The van der Waals surface area contributed by atoms with Gasteiger partial charge in [0.2, 0.25) is 5.91 Å². The molecular weight excluding hydrogens is 1660 g/mol. The summed E-state index contributed by atoms with van der Waals surface area (Å²) < 4.78 is 33.2. The molecule has 17 aliphatic rings. The Morgan fingerprint density at radius 1 is 0.450 bits per heavy atom. The zero-order valence-corrected chi connectivity index (χ0v) is 78.1. The van der Waals surface area contributed by atoms with E-state index in [1.807, 2.05) is 0 Å². The normalized spacial score (nSPS) is 36.4. The van der Waals surface area contributed by atoms with E-state index in [1.165, 1.54) is 104 Å². The van der Waals surface area contributed by atoms with E-state index >= 15 is 0 Å². The molecule has 0 aromatic heterocycles. The Bertz CT molecular complexity index is 3880. The van der Waals surface area contributed by atoms with Crippen LogP contribution in [0, 0.1) is 180 Å². The summed E-state index contributed by atoms with van der Waals surface area (Å²) in [5.74, 6) is -3.06. The van der Waals surface area contributed by atoms with Crippen LogP contribution in [-0.4, -0.2) is 130 Å². The second-order valence-corrected chi connectivity index (χ2v) is 44.7. The Labute approximate surface area is 796 Å². The number of ether oxygens (including phenoxy) is 6. The molecule has 1 amide bonds. The van der Waals surface area contributed by atoms with Gasteiger partial charge in [-0.05, 0) is 265 Å². The predicted octanol–water partition coefficient (Wildman–Crippen LogP) is 25.0. The van der Waals surface area contributed by atoms with E-state index in [1.54, 1.807) is 67.9 Å². The summed E-state index contributed by atoms with van der Waals surface area (Å²) in [4.78, 5) is 131. The molecule has 0 heterocycles. The van der Waals surface area contributed by atoms with Gasteiger partial charge in [-0.2, -0.15) is 0 Å². The SMILES string of the molecule is C.C.C.C.C.C.C.C.C.C.CC(C(=O)O)C(C)C(=O)OC1(C)C2CC3CC(C2)CC1C3.CC(C(=O)O)C(C)C(=O)OC12CC3CC(C1)CC(C(=O)O)(C3)C2.CC(C)C1=CC2=CCC3C(C)(COC(=O)C(C)C(C)C(=O)O)CCCC3(C)C2CC1.COC(=O)C(C)C(C)C(=O)N[C@@H]1C[C@@H]2CC(C1C)C2(C)C.COC(=O)C(C)C(C)C(=O)O[C@]1(C)CC[C@@]23CC1C(C)(C)C2CCC3C. The summed E-state index contributed by atoms with van der Waals surface area (Å²) in [6.45, 7) is 44.7. The van der Waals surface area contributed by atoms with Crippen molar-refractivity contribution in [1.29, 1.82) is 0 Å². The van der Waals surface area contributed by atoms with E-state index in [2.05, 4.69) is 101 Å². The summed E-state index contributed by atoms with van der Waals surface area (Å²) in [5, 5.41) is 40.2. The van der Waals surface area contributed by atoms with Crippen LogP contribution < -0.4 is 5.32 Å². The number of allylic oxidation sites excluding steroid dienone is 4. The van der Waals surface area contributed by atoms with Gasteiger partial charge in [0.1, 0.15) is 16.8 Å². The minimum absolute atomic E-state index is 0. The van der Waals surface area contributed by atoms with Gasteiger partial charge in [0, 0.05) is 29.7 Å². The van der Waals surface area contributed by atoms with Crippen molar-refractivity contribution in [2.45, 2.75) is 404 Å². The molecular formula is C109H195NO21. The largest absolute Gasteiger partial charge is 0.481 e. The van der Waals surface area contributed by atoms with Crippen LogP contribution in [0.25, 0.3) is 0 Å². The molecule has 17 rings (SSSR count). The molecule has 0 aromatic carbocycles. The average molecular weight is 1860 g/mol. The summed E-state index contributed by atoms with van der Waals surface area (Å²) in [6, 6.07) is 0.251. The van der Waals surface area contributed by atoms with Crippen molar-refractivity contribution in [2.75, 3.05) is 20.8 Å². The fraction of sp³-hybridized carbons (Fsp3) is 0.862. The lowest BCUT2D eigenvalue weighted by atomic mass is 9.45. The number of carbonyl (C=O) groups is 11. The number of carboxylic acids is 4. The monoisotopic (exact) mass is 1850 g/mol. The summed E-state index contributed by atoms with van der Waals surface area (Å²) in [6.07, 6.45) is 30.4. The van der Waals surface area contributed by atoms with Gasteiger partial charge in [0.15, 0.2) is 0 Å². The second kappa shape index (κ2) is 47.1. The maximum atomic E-state index is 12.8. The topological polar surface area (TPSA) is 336 Å². The number of methoxy groups -OCH3 is 2. The maximum Gasteiger partial charge on any atom is 0.310 e. The van der Waals surface area contributed by atoms with Crippen molar-refractivity contribution < 1.29 is 102 Å². The molecule has 5 N–H and O–H groups in total. The highest BCUT2D eigenvalue weighted by molar-refractivity contribution is 5.86. The van der Waals surface area contributed by atoms with Crippen molar-refractivity contribution in [3.63, 3.8) is 0 Å². The van der Waals surface area contributed by atoms with Crippen molar-refractivity contribution in [2.24, 2.45) is 180 Å². The van der Waals surface area contributed by atoms with Gasteiger partial charge in [0.05, 0.1) is 79.5 Å². The number of rotatable bonds is 23. The van der Waals surface area contributed by atoms with Gasteiger partial charge in [-0.25, -0.2) is 0 Å². The number of nitrogens with one attached hydrogen (secondary N) is 1. The predicted molar refractivity (Wildman–Crippen MR) is 525 cm³/mol. The third-order valence-electron chi connectivity index (χ3n) is 36.9. The smallest absolute Gasteiger partial charge is 0.310 e. The Hall–Kier alpha value is -6.35. The quantitative estimate of drug-likeness (QED) is 0.0469. The highest BCUT2D eigenvalue weighted by Gasteiger charge is 2.70. The number of amides is 1. The van der Waals surface area contributed by atoms with Gasteiger partial charge in [-0.3, -0.25) is 52.7 Å². The molecule has 762 valence electrons. The first-order valence-corrected chi connectivity index (χ1v) is 46.8.